The highest BCUT2D eigenvalue weighted by molar-refractivity contribution is 4.85. The first-order valence-corrected chi connectivity index (χ1v) is 7.26. The number of rotatable bonds is 4. The van der Waals surface area contributed by atoms with Crippen LogP contribution in [0, 0.1) is 0 Å². The Morgan fingerprint density at radius 1 is 1.18 bits per heavy atom. The Labute approximate surface area is 106 Å². The first-order valence-electron chi connectivity index (χ1n) is 7.26. The Hall–Kier alpha value is -0.120. The van der Waals surface area contributed by atoms with Gasteiger partial charge in [0, 0.05) is 32.3 Å². The van der Waals surface area contributed by atoms with E-state index in [4.69, 9.17) is 4.74 Å². The number of likely N-dealkylation sites (N-methyl/N-ethyl adjacent to an activating group) is 1. The van der Waals surface area contributed by atoms with Crippen molar-refractivity contribution < 1.29 is 4.74 Å². The van der Waals surface area contributed by atoms with Crippen LogP contribution < -0.4 is 5.32 Å². The predicted molar refractivity (Wildman–Crippen MR) is 71.3 cm³/mol. The zero-order valence-electron chi connectivity index (χ0n) is 11.5. The standard InChI is InChI=1S/C14H28N2O/c1-16(13-7-5-3-4-6-8-13)11-12-9-14(17-2)10-15-12/h12-15H,3-11H2,1-2H3. The molecule has 3 heteroatoms. The van der Waals surface area contributed by atoms with E-state index in [9.17, 15) is 0 Å². The monoisotopic (exact) mass is 240 g/mol. The van der Waals surface area contributed by atoms with E-state index in [2.05, 4.69) is 17.3 Å². The van der Waals surface area contributed by atoms with Gasteiger partial charge in [0.05, 0.1) is 6.10 Å². The summed E-state index contributed by atoms with van der Waals surface area (Å²) in [4.78, 5) is 2.58. The van der Waals surface area contributed by atoms with Gasteiger partial charge in [-0.1, -0.05) is 25.7 Å². The van der Waals surface area contributed by atoms with Gasteiger partial charge in [-0.25, -0.2) is 0 Å². The van der Waals surface area contributed by atoms with Crippen LogP contribution in [0.15, 0.2) is 0 Å². The molecule has 0 radical (unpaired) electrons. The summed E-state index contributed by atoms with van der Waals surface area (Å²) in [5, 5.41) is 3.58. The number of nitrogens with zero attached hydrogens (tertiary/aromatic N) is 1. The minimum atomic E-state index is 0.433. The first kappa shape index (κ1) is 13.3. The van der Waals surface area contributed by atoms with Crippen molar-refractivity contribution in [2.24, 2.45) is 0 Å². The van der Waals surface area contributed by atoms with Crippen molar-refractivity contribution in [1.29, 1.82) is 0 Å². The molecule has 2 unspecified atom stereocenters. The third-order valence-corrected chi connectivity index (χ3v) is 4.47. The summed E-state index contributed by atoms with van der Waals surface area (Å²) in [5.74, 6) is 0. The van der Waals surface area contributed by atoms with Crippen molar-refractivity contribution in [3.05, 3.63) is 0 Å². The molecule has 2 fully saturated rings. The maximum atomic E-state index is 5.41. The third-order valence-electron chi connectivity index (χ3n) is 4.47. The molecule has 1 aliphatic heterocycles. The summed E-state index contributed by atoms with van der Waals surface area (Å²) in [7, 11) is 4.13. The second-order valence-corrected chi connectivity index (χ2v) is 5.78. The molecule has 0 aromatic rings. The van der Waals surface area contributed by atoms with Gasteiger partial charge in [0.15, 0.2) is 0 Å². The van der Waals surface area contributed by atoms with Crippen LogP contribution in [0.1, 0.15) is 44.9 Å². The van der Waals surface area contributed by atoms with Crippen molar-refractivity contribution >= 4 is 0 Å². The molecular formula is C14H28N2O. The Kier molecular flexibility index (Phi) is 5.26. The van der Waals surface area contributed by atoms with Crippen LogP contribution in [0.2, 0.25) is 0 Å². The molecule has 100 valence electrons. The van der Waals surface area contributed by atoms with Crippen molar-refractivity contribution in [3.8, 4) is 0 Å². The lowest BCUT2D eigenvalue weighted by molar-refractivity contribution is 0.114. The minimum absolute atomic E-state index is 0.433. The molecule has 2 atom stereocenters. The summed E-state index contributed by atoms with van der Waals surface area (Å²) in [6.45, 7) is 2.21. The minimum Gasteiger partial charge on any atom is -0.380 e. The van der Waals surface area contributed by atoms with Crippen LogP contribution in [0.3, 0.4) is 0 Å². The van der Waals surface area contributed by atoms with Gasteiger partial charge in [-0.3, -0.25) is 0 Å². The van der Waals surface area contributed by atoms with Crippen LogP contribution in [-0.2, 0) is 4.74 Å². The molecule has 0 amide bonds. The highest BCUT2D eigenvalue weighted by atomic mass is 16.5. The highest BCUT2D eigenvalue weighted by Crippen LogP contribution is 2.22. The molecule has 2 aliphatic rings. The molecule has 1 saturated heterocycles. The molecule has 1 N–H and O–H groups in total. The van der Waals surface area contributed by atoms with Gasteiger partial charge in [-0.05, 0) is 26.3 Å². The fraction of sp³-hybridized carbons (Fsp3) is 1.00. The van der Waals surface area contributed by atoms with Gasteiger partial charge in [0.1, 0.15) is 0 Å². The molecule has 1 heterocycles. The van der Waals surface area contributed by atoms with Crippen LogP contribution in [0.4, 0.5) is 0 Å². The average molecular weight is 240 g/mol. The summed E-state index contributed by atoms with van der Waals surface area (Å²) >= 11 is 0. The average Bonchev–Trinajstić information content (AvgIpc) is 2.62. The number of ether oxygens (including phenoxy) is 1. The summed E-state index contributed by atoms with van der Waals surface area (Å²) in [6, 6.07) is 1.45. The van der Waals surface area contributed by atoms with E-state index in [-0.39, 0.29) is 0 Å². The van der Waals surface area contributed by atoms with E-state index >= 15 is 0 Å². The molecule has 0 spiro atoms. The molecular weight excluding hydrogens is 212 g/mol. The molecule has 1 saturated carbocycles. The summed E-state index contributed by atoms with van der Waals surface area (Å²) in [5.41, 5.74) is 0. The second kappa shape index (κ2) is 6.72. The van der Waals surface area contributed by atoms with Crippen LogP contribution in [0.25, 0.3) is 0 Å². The molecule has 0 bridgehead atoms. The van der Waals surface area contributed by atoms with Crippen molar-refractivity contribution in [3.63, 3.8) is 0 Å². The number of hydrogen-bond acceptors (Lipinski definition) is 3. The predicted octanol–water partition coefficient (Wildman–Crippen LogP) is 2.02. The topological polar surface area (TPSA) is 24.5 Å². The van der Waals surface area contributed by atoms with Crippen LogP contribution >= 0.6 is 0 Å². The maximum Gasteiger partial charge on any atom is 0.0711 e. The lowest BCUT2D eigenvalue weighted by atomic mass is 10.1. The van der Waals surface area contributed by atoms with E-state index in [1.54, 1.807) is 0 Å². The lowest BCUT2D eigenvalue weighted by Gasteiger charge is -2.29. The first-order chi connectivity index (χ1) is 8.29. The zero-order chi connectivity index (χ0) is 12.1. The van der Waals surface area contributed by atoms with E-state index in [1.165, 1.54) is 51.5 Å². The Bertz CT molecular complexity index is 214. The molecule has 0 aromatic heterocycles. The van der Waals surface area contributed by atoms with Gasteiger partial charge in [0.2, 0.25) is 0 Å². The normalized spacial score (nSPS) is 31.9. The van der Waals surface area contributed by atoms with Crippen molar-refractivity contribution in [2.75, 3.05) is 27.2 Å². The summed E-state index contributed by atoms with van der Waals surface area (Å²) in [6.07, 6.45) is 10.1. The second-order valence-electron chi connectivity index (χ2n) is 5.78. The molecule has 0 aromatic carbocycles. The number of methoxy groups -OCH3 is 1. The number of hydrogen-bond donors (Lipinski definition) is 1. The van der Waals surface area contributed by atoms with Gasteiger partial charge in [-0.15, -0.1) is 0 Å². The fourth-order valence-corrected chi connectivity index (χ4v) is 3.30. The van der Waals surface area contributed by atoms with Crippen LogP contribution in [0.5, 0.6) is 0 Å². The van der Waals surface area contributed by atoms with Crippen molar-refractivity contribution in [2.45, 2.75) is 63.1 Å². The maximum absolute atomic E-state index is 5.41. The molecule has 3 nitrogen and oxygen atoms in total. The molecule has 17 heavy (non-hydrogen) atoms. The van der Waals surface area contributed by atoms with Gasteiger partial charge in [0.25, 0.3) is 0 Å². The van der Waals surface area contributed by atoms with Gasteiger partial charge < -0.3 is 15.0 Å². The SMILES string of the molecule is COC1CNC(CN(C)C2CCCCCC2)C1. The lowest BCUT2D eigenvalue weighted by Crippen LogP contribution is -2.40. The zero-order valence-corrected chi connectivity index (χ0v) is 11.5. The Morgan fingerprint density at radius 3 is 2.47 bits per heavy atom. The quantitative estimate of drug-likeness (QED) is 0.761. The Morgan fingerprint density at radius 2 is 1.88 bits per heavy atom. The van der Waals surface area contributed by atoms with E-state index in [0.29, 0.717) is 12.1 Å². The van der Waals surface area contributed by atoms with Gasteiger partial charge >= 0.3 is 0 Å². The Balaban J connectivity index is 1.74. The van der Waals surface area contributed by atoms with Gasteiger partial charge in [-0.2, -0.15) is 0 Å². The third kappa shape index (κ3) is 3.94. The molecule has 1 aliphatic carbocycles. The van der Waals surface area contributed by atoms with E-state index in [1.807, 2.05) is 7.11 Å². The largest absolute Gasteiger partial charge is 0.380 e. The fourth-order valence-electron chi connectivity index (χ4n) is 3.30. The smallest absolute Gasteiger partial charge is 0.0711 e. The number of nitrogens with one attached hydrogen (secondary N) is 1. The van der Waals surface area contributed by atoms with E-state index in [0.717, 1.165) is 12.6 Å². The van der Waals surface area contributed by atoms with E-state index < -0.39 is 0 Å². The van der Waals surface area contributed by atoms with Crippen molar-refractivity contribution in [1.82, 2.24) is 10.2 Å². The molecule has 2 rings (SSSR count). The summed E-state index contributed by atoms with van der Waals surface area (Å²) < 4.78 is 5.41. The van der Waals surface area contributed by atoms with Crippen LogP contribution in [-0.4, -0.2) is 50.3 Å². The highest BCUT2D eigenvalue weighted by Gasteiger charge is 2.26.